The Morgan fingerprint density at radius 2 is 2.25 bits per heavy atom. The highest BCUT2D eigenvalue weighted by Crippen LogP contribution is 2.12. The van der Waals surface area contributed by atoms with E-state index in [1.807, 2.05) is 0 Å². The molecule has 1 unspecified atom stereocenters. The number of rotatable bonds is 7. The largest absolute Gasteiger partial charge is 0.315 e. The Balaban J connectivity index is 2.25. The van der Waals surface area contributed by atoms with Crippen molar-refractivity contribution in [3.8, 4) is 6.07 Å². The van der Waals surface area contributed by atoms with Gasteiger partial charge in [-0.1, -0.05) is 6.92 Å². The number of piperidine rings is 1. The third-order valence-corrected chi connectivity index (χ3v) is 3.28. The molecule has 0 aromatic carbocycles. The zero-order valence-corrected chi connectivity index (χ0v) is 10.5. The van der Waals surface area contributed by atoms with Crippen molar-refractivity contribution in [1.82, 2.24) is 10.2 Å². The zero-order chi connectivity index (χ0) is 11.6. The van der Waals surface area contributed by atoms with Crippen LogP contribution in [0.15, 0.2) is 0 Å². The van der Waals surface area contributed by atoms with Crippen LogP contribution in [0.2, 0.25) is 0 Å². The van der Waals surface area contributed by atoms with Crippen LogP contribution in [0.3, 0.4) is 0 Å². The Kier molecular flexibility index (Phi) is 7.20. The van der Waals surface area contributed by atoms with Crippen molar-refractivity contribution in [2.75, 3.05) is 26.2 Å². The average Bonchev–Trinajstić information content (AvgIpc) is 2.34. The van der Waals surface area contributed by atoms with Crippen LogP contribution in [-0.2, 0) is 0 Å². The summed E-state index contributed by atoms with van der Waals surface area (Å²) in [6.07, 6.45) is 6.81. The van der Waals surface area contributed by atoms with Gasteiger partial charge in [-0.2, -0.15) is 5.26 Å². The molecule has 0 aromatic rings. The molecule has 0 aromatic heterocycles. The molecule has 1 saturated heterocycles. The van der Waals surface area contributed by atoms with E-state index >= 15 is 0 Å². The van der Waals surface area contributed by atoms with Crippen LogP contribution in [0.25, 0.3) is 0 Å². The molecule has 1 aliphatic rings. The molecule has 1 aliphatic heterocycles. The van der Waals surface area contributed by atoms with Gasteiger partial charge in [0.05, 0.1) is 6.07 Å². The van der Waals surface area contributed by atoms with Gasteiger partial charge >= 0.3 is 0 Å². The van der Waals surface area contributed by atoms with Crippen LogP contribution in [0.1, 0.15) is 45.4 Å². The molecule has 92 valence electrons. The lowest BCUT2D eigenvalue weighted by Gasteiger charge is -2.34. The van der Waals surface area contributed by atoms with E-state index < -0.39 is 0 Å². The van der Waals surface area contributed by atoms with Gasteiger partial charge in [0.1, 0.15) is 0 Å². The van der Waals surface area contributed by atoms with E-state index in [4.69, 9.17) is 5.26 Å². The van der Waals surface area contributed by atoms with Gasteiger partial charge in [-0.15, -0.1) is 0 Å². The van der Waals surface area contributed by atoms with Gasteiger partial charge in [0.15, 0.2) is 0 Å². The lowest BCUT2D eigenvalue weighted by molar-refractivity contribution is 0.163. The Morgan fingerprint density at radius 1 is 1.38 bits per heavy atom. The molecule has 0 bridgehead atoms. The Labute approximate surface area is 99.8 Å². The Morgan fingerprint density at radius 3 is 2.88 bits per heavy atom. The predicted molar refractivity (Wildman–Crippen MR) is 67.2 cm³/mol. The highest BCUT2D eigenvalue weighted by Gasteiger charge is 2.19. The molecule has 0 saturated carbocycles. The average molecular weight is 223 g/mol. The van der Waals surface area contributed by atoms with Crippen molar-refractivity contribution in [1.29, 1.82) is 5.26 Å². The summed E-state index contributed by atoms with van der Waals surface area (Å²) in [6, 6.07) is 2.95. The molecule has 16 heavy (non-hydrogen) atoms. The number of nitrogens with one attached hydrogen (secondary N) is 1. The highest BCUT2D eigenvalue weighted by atomic mass is 15.2. The molecule has 0 spiro atoms. The maximum Gasteiger partial charge on any atom is 0.0621 e. The van der Waals surface area contributed by atoms with E-state index in [0.29, 0.717) is 6.42 Å². The van der Waals surface area contributed by atoms with Gasteiger partial charge in [0, 0.05) is 19.0 Å². The summed E-state index contributed by atoms with van der Waals surface area (Å²) in [5, 5.41) is 12.0. The van der Waals surface area contributed by atoms with Gasteiger partial charge in [-0.3, -0.25) is 4.90 Å². The fourth-order valence-electron chi connectivity index (χ4n) is 2.43. The minimum atomic E-state index is 0.711. The van der Waals surface area contributed by atoms with Gasteiger partial charge in [-0.25, -0.2) is 0 Å². The number of nitrogens with zero attached hydrogens (tertiary/aromatic N) is 2. The molecule has 0 amide bonds. The molecule has 0 aliphatic carbocycles. The second kappa shape index (κ2) is 8.55. The van der Waals surface area contributed by atoms with E-state index in [2.05, 4.69) is 23.2 Å². The maximum atomic E-state index is 8.51. The predicted octanol–water partition coefficient (Wildman–Crippen LogP) is 2.14. The van der Waals surface area contributed by atoms with Crippen LogP contribution < -0.4 is 5.32 Å². The van der Waals surface area contributed by atoms with Crippen LogP contribution in [0.4, 0.5) is 0 Å². The molecule has 1 N–H and O–H groups in total. The summed E-state index contributed by atoms with van der Waals surface area (Å²) in [7, 11) is 0. The third-order valence-electron chi connectivity index (χ3n) is 3.28. The van der Waals surface area contributed by atoms with Gasteiger partial charge < -0.3 is 5.32 Å². The van der Waals surface area contributed by atoms with Crippen LogP contribution in [0.5, 0.6) is 0 Å². The molecular weight excluding hydrogens is 198 g/mol. The van der Waals surface area contributed by atoms with Gasteiger partial charge in [-0.05, 0) is 51.7 Å². The summed E-state index contributed by atoms with van der Waals surface area (Å²) in [5.41, 5.74) is 0. The number of nitriles is 1. The van der Waals surface area contributed by atoms with E-state index in [1.165, 1.54) is 45.3 Å². The monoisotopic (exact) mass is 223 g/mol. The Hall–Kier alpha value is -0.590. The smallest absolute Gasteiger partial charge is 0.0621 e. The second-order valence-corrected chi connectivity index (χ2v) is 4.65. The van der Waals surface area contributed by atoms with Crippen LogP contribution in [0, 0.1) is 11.3 Å². The molecule has 1 heterocycles. The first kappa shape index (κ1) is 13.5. The van der Waals surface area contributed by atoms with Gasteiger partial charge in [0.25, 0.3) is 0 Å². The lowest BCUT2D eigenvalue weighted by Crippen LogP contribution is -2.46. The molecule has 1 atom stereocenters. The summed E-state index contributed by atoms with van der Waals surface area (Å²) in [6.45, 7) is 6.96. The van der Waals surface area contributed by atoms with Crippen molar-refractivity contribution in [3.05, 3.63) is 0 Å². The fraction of sp³-hybridized carbons (Fsp3) is 0.923. The maximum absolute atomic E-state index is 8.51. The Bertz CT molecular complexity index is 204. The van der Waals surface area contributed by atoms with Crippen LogP contribution in [-0.4, -0.2) is 37.1 Å². The molecule has 3 heteroatoms. The van der Waals surface area contributed by atoms with Crippen molar-refractivity contribution < 1.29 is 0 Å². The molecule has 3 nitrogen and oxygen atoms in total. The van der Waals surface area contributed by atoms with E-state index in [9.17, 15) is 0 Å². The third kappa shape index (κ3) is 4.96. The second-order valence-electron chi connectivity index (χ2n) is 4.65. The SMILES string of the molecule is CCCN(CCCCC#N)C1CCCNC1. The van der Waals surface area contributed by atoms with Crippen molar-refractivity contribution in [3.63, 3.8) is 0 Å². The quantitative estimate of drug-likeness (QED) is 0.672. The topological polar surface area (TPSA) is 39.1 Å². The first-order chi connectivity index (χ1) is 7.88. The van der Waals surface area contributed by atoms with Gasteiger partial charge in [0.2, 0.25) is 0 Å². The molecular formula is C13H25N3. The normalized spacial score (nSPS) is 20.9. The fourth-order valence-corrected chi connectivity index (χ4v) is 2.43. The number of unbranched alkanes of at least 4 members (excludes halogenated alkanes) is 2. The minimum Gasteiger partial charge on any atom is -0.315 e. The first-order valence-electron chi connectivity index (χ1n) is 6.70. The van der Waals surface area contributed by atoms with E-state index in [1.54, 1.807) is 0 Å². The first-order valence-corrected chi connectivity index (χ1v) is 6.70. The molecule has 0 radical (unpaired) electrons. The minimum absolute atomic E-state index is 0.711. The number of hydrogen-bond acceptors (Lipinski definition) is 3. The van der Waals surface area contributed by atoms with Crippen molar-refractivity contribution in [2.45, 2.75) is 51.5 Å². The summed E-state index contributed by atoms with van der Waals surface area (Å²) < 4.78 is 0. The summed E-state index contributed by atoms with van der Waals surface area (Å²) in [4.78, 5) is 2.61. The summed E-state index contributed by atoms with van der Waals surface area (Å²) >= 11 is 0. The zero-order valence-electron chi connectivity index (χ0n) is 10.5. The summed E-state index contributed by atoms with van der Waals surface area (Å²) in [5.74, 6) is 0. The van der Waals surface area contributed by atoms with Crippen molar-refractivity contribution >= 4 is 0 Å². The number of hydrogen-bond donors (Lipinski definition) is 1. The highest BCUT2D eigenvalue weighted by molar-refractivity contribution is 4.78. The molecule has 1 rings (SSSR count). The van der Waals surface area contributed by atoms with E-state index in [0.717, 1.165) is 19.0 Å². The standard InChI is InChI=1S/C13H25N3/c1-2-10-16(11-5-3-4-8-14)13-7-6-9-15-12-13/h13,15H,2-7,9-12H2,1H3. The lowest BCUT2D eigenvalue weighted by atomic mass is 10.0. The van der Waals surface area contributed by atoms with E-state index in [-0.39, 0.29) is 0 Å². The molecule has 1 fully saturated rings. The van der Waals surface area contributed by atoms with Crippen LogP contribution >= 0.6 is 0 Å². The van der Waals surface area contributed by atoms with Crippen molar-refractivity contribution in [2.24, 2.45) is 0 Å².